The molecule has 8 nitrogen and oxygen atoms in total. The first-order valence-electron chi connectivity index (χ1n) is 10.7. The summed E-state index contributed by atoms with van der Waals surface area (Å²) in [6, 6.07) is 10.5. The average molecular weight is 440 g/mol. The third kappa shape index (κ3) is 5.90. The highest BCUT2D eigenvalue weighted by atomic mass is 32.1. The number of guanidine groups is 1. The highest BCUT2D eigenvalue weighted by Gasteiger charge is 2.23. The van der Waals surface area contributed by atoms with E-state index in [1.165, 1.54) is 4.88 Å². The topological polar surface area (TPSA) is 79.6 Å². The van der Waals surface area contributed by atoms with Gasteiger partial charge in [-0.2, -0.15) is 5.10 Å². The third-order valence-corrected chi connectivity index (χ3v) is 6.11. The Morgan fingerprint density at radius 3 is 2.87 bits per heavy atom. The van der Waals surface area contributed by atoms with Gasteiger partial charge in [0.1, 0.15) is 0 Å². The fourth-order valence-corrected chi connectivity index (χ4v) is 4.43. The van der Waals surface area contributed by atoms with Crippen molar-refractivity contribution >= 4 is 17.3 Å². The fraction of sp³-hybridized carbons (Fsp3) is 0.409. The van der Waals surface area contributed by atoms with Gasteiger partial charge in [-0.25, -0.2) is 14.7 Å². The van der Waals surface area contributed by atoms with Crippen LogP contribution in [0.2, 0.25) is 0 Å². The summed E-state index contributed by atoms with van der Waals surface area (Å²) < 4.78 is 7.30. The zero-order valence-corrected chi connectivity index (χ0v) is 18.6. The van der Waals surface area contributed by atoms with Crippen LogP contribution in [0.15, 0.2) is 59.3 Å². The van der Waals surface area contributed by atoms with E-state index in [-0.39, 0.29) is 0 Å². The van der Waals surface area contributed by atoms with Crippen molar-refractivity contribution < 1.29 is 4.74 Å². The molecule has 0 radical (unpaired) electrons. The maximum absolute atomic E-state index is 5.55. The van der Waals surface area contributed by atoms with Crippen LogP contribution in [0.25, 0.3) is 5.82 Å². The van der Waals surface area contributed by atoms with Crippen molar-refractivity contribution in [1.82, 2.24) is 30.3 Å². The summed E-state index contributed by atoms with van der Waals surface area (Å²) in [5.74, 6) is 1.61. The summed E-state index contributed by atoms with van der Waals surface area (Å²) in [7, 11) is 0. The maximum Gasteiger partial charge on any atom is 0.191 e. The molecule has 0 aromatic carbocycles. The van der Waals surface area contributed by atoms with Gasteiger partial charge < -0.3 is 15.4 Å². The summed E-state index contributed by atoms with van der Waals surface area (Å²) in [6.45, 7) is 7.72. The highest BCUT2D eigenvalue weighted by molar-refractivity contribution is 7.10. The van der Waals surface area contributed by atoms with E-state index in [4.69, 9.17) is 9.73 Å². The number of pyridine rings is 1. The van der Waals surface area contributed by atoms with E-state index in [2.05, 4.69) is 50.1 Å². The standard InChI is InChI=1S/C22H29N7OS/c1-2-23-22(25-16-18-6-8-24-21(15-18)29-9-4-7-27-29)26-17-19(20-5-3-14-31-20)28-10-12-30-13-11-28/h3-9,14-15,19H,2,10-13,16-17H2,1H3,(H2,23,25,26). The third-order valence-electron chi connectivity index (χ3n) is 5.13. The monoisotopic (exact) mass is 439 g/mol. The molecule has 0 saturated carbocycles. The molecule has 2 N–H and O–H groups in total. The molecule has 1 unspecified atom stereocenters. The summed E-state index contributed by atoms with van der Waals surface area (Å²) in [4.78, 5) is 13.0. The Labute approximate surface area is 187 Å². The molecule has 1 atom stereocenters. The second kappa shape index (κ2) is 11.0. The zero-order valence-electron chi connectivity index (χ0n) is 17.8. The molecule has 1 saturated heterocycles. The van der Waals surface area contributed by atoms with Crippen molar-refractivity contribution in [3.8, 4) is 5.82 Å². The lowest BCUT2D eigenvalue weighted by Crippen LogP contribution is -2.46. The number of nitrogens with zero attached hydrogens (tertiary/aromatic N) is 5. The molecule has 0 aliphatic carbocycles. The van der Waals surface area contributed by atoms with Crippen LogP contribution in [-0.2, 0) is 11.3 Å². The summed E-state index contributed by atoms with van der Waals surface area (Å²) in [5.41, 5.74) is 1.08. The van der Waals surface area contributed by atoms with Crippen LogP contribution in [0.5, 0.6) is 0 Å². The minimum absolute atomic E-state index is 0.306. The lowest BCUT2D eigenvalue weighted by Gasteiger charge is -2.34. The molecule has 31 heavy (non-hydrogen) atoms. The smallest absolute Gasteiger partial charge is 0.191 e. The van der Waals surface area contributed by atoms with Gasteiger partial charge in [0.2, 0.25) is 0 Å². The Balaban J connectivity index is 1.43. The van der Waals surface area contributed by atoms with Crippen molar-refractivity contribution in [2.24, 2.45) is 4.99 Å². The molecule has 164 valence electrons. The van der Waals surface area contributed by atoms with Gasteiger partial charge in [0.05, 0.1) is 25.8 Å². The Morgan fingerprint density at radius 1 is 1.23 bits per heavy atom. The number of hydrogen-bond acceptors (Lipinski definition) is 6. The maximum atomic E-state index is 5.55. The van der Waals surface area contributed by atoms with Crippen LogP contribution < -0.4 is 10.6 Å². The van der Waals surface area contributed by atoms with Gasteiger partial charge in [0.25, 0.3) is 0 Å². The number of aromatic nitrogens is 3. The predicted octanol–water partition coefficient (Wildman–Crippen LogP) is 2.46. The number of aliphatic imine (C=N–C) groups is 1. The molecule has 3 aromatic heterocycles. The summed E-state index contributed by atoms with van der Waals surface area (Å²) in [6.07, 6.45) is 5.43. The Kier molecular flexibility index (Phi) is 7.65. The van der Waals surface area contributed by atoms with E-state index in [0.717, 1.165) is 56.7 Å². The van der Waals surface area contributed by atoms with Crippen LogP contribution in [0.4, 0.5) is 0 Å². The summed E-state index contributed by atoms with van der Waals surface area (Å²) >= 11 is 1.80. The molecule has 1 aliphatic heterocycles. The first-order chi connectivity index (χ1) is 15.3. The molecule has 4 heterocycles. The predicted molar refractivity (Wildman–Crippen MR) is 124 cm³/mol. The minimum Gasteiger partial charge on any atom is -0.379 e. The first-order valence-corrected chi connectivity index (χ1v) is 11.5. The first kappa shape index (κ1) is 21.5. The van der Waals surface area contributed by atoms with Crippen molar-refractivity contribution in [2.45, 2.75) is 19.5 Å². The van der Waals surface area contributed by atoms with E-state index in [0.29, 0.717) is 12.6 Å². The van der Waals surface area contributed by atoms with Crippen LogP contribution in [-0.4, -0.2) is 65.0 Å². The van der Waals surface area contributed by atoms with E-state index in [9.17, 15) is 0 Å². The van der Waals surface area contributed by atoms with E-state index in [1.54, 1.807) is 28.4 Å². The quantitative estimate of drug-likeness (QED) is 0.415. The van der Waals surface area contributed by atoms with Crippen LogP contribution >= 0.6 is 11.3 Å². The van der Waals surface area contributed by atoms with Crippen molar-refractivity contribution in [2.75, 3.05) is 39.4 Å². The van der Waals surface area contributed by atoms with Gasteiger partial charge in [-0.05, 0) is 42.1 Å². The molecular formula is C22H29N7OS. The molecule has 9 heteroatoms. The van der Waals surface area contributed by atoms with Gasteiger partial charge in [0, 0.05) is 49.6 Å². The normalized spacial score (nSPS) is 16.2. The molecular weight excluding hydrogens is 410 g/mol. The highest BCUT2D eigenvalue weighted by Crippen LogP contribution is 2.25. The minimum atomic E-state index is 0.306. The molecule has 0 spiro atoms. The molecule has 4 rings (SSSR count). The Bertz CT molecular complexity index is 937. The number of thiophene rings is 1. The number of hydrogen-bond donors (Lipinski definition) is 2. The Hall–Kier alpha value is -2.75. The largest absolute Gasteiger partial charge is 0.379 e. The Morgan fingerprint density at radius 2 is 2.13 bits per heavy atom. The molecule has 0 amide bonds. The lowest BCUT2D eigenvalue weighted by atomic mass is 10.2. The van der Waals surface area contributed by atoms with Gasteiger partial charge in [-0.15, -0.1) is 11.3 Å². The van der Waals surface area contributed by atoms with E-state index < -0.39 is 0 Å². The van der Waals surface area contributed by atoms with Crippen LogP contribution in [0.3, 0.4) is 0 Å². The lowest BCUT2D eigenvalue weighted by molar-refractivity contribution is 0.0177. The van der Waals surface area contributed by atoms with Crippen molar-refractivity contribution in [3.63, 3.8) is 0 Å². The van der Waals surface area contributed by atoms with Gasteiger partial charge in [0.15, 0.2) is 11.8 Å². The molecule has 1 fully saturated rings. The number of ether oxygens (including phenoxy) is 1. The second-order valence-electron chi connectivity index (χ2n) is 7.23. The second-order valence-corrected chi connectivity index (χ2v) is 8.21. The van der Waals surface area contributed by atoms with Crippen LogP contribution in [0.1, 0.15) is 23.4 Å². The van der Waals surface area contributed by atoms with Crippen LogP contribution in [0, 0.1) is 0 Å². The van der Waals surface area contributed by atoms with Crippen molar-refractivity contribution in [3.05, 3.63) is 64.7 Å². The van der Waals surface area contributed by atoms with Crippen molar-refractivity contribution in [1.29, 1.82) is 0 Å². The van der Waals surface area contributed by atoms with Gasteiger partial charge in [-0.3, -0.25) is 4.90 Å². The summed E-state index contributed by atoms with van der Waals surface area (Å²) in [5, 5.41) is 13.3. The molecule has 1 aliphatic rings. The number of morpholine rings is 1. The zero-order chi connectivity index (χ0) is 21.3. The average Bonchev–Trinajstić information content (AvgIpc) is 3.53. The fourth-order valence-electron chi connectivity index (χ4n) is 3.57. The SMILES string of the molecule is CCNC(=NCc1ccnc(-n2cccn2)c1)NCC(c1cccs1)N1CCOCC1. The van der Waals surface area contributed by atoms with Gasteiger partial charge >= 0.3 is 0 Å². The number of nitrogens with one attached hydrogen (secondary N) is 2. The molecule has 0 bridgehead atoms. The van der Waals surface area contributed by atoms with Gasteiger partial charge in [-0.1, -0.05) is 6.07 Å². The van der Waals surface area contributed by atoms with E-state index in [1.807, 2.05) is 24.4 Å². The molecule has 3 aromatic rings. The number of rotatable bonds is 8. The van der Waals surface area contributed by atoms with E-state index >= 15 is 0 Å².